The van der Waals surface area contributed by atoms with Crippen molar-refractivity contribution in [1.29, 1.82) is 0 Å². The molecule has 0 aromatic carbocycles. The second-order valence-corrected chi connectivity index (χ2v) is 13.7. The van der Waals surface area contributed by atoms with Crippen molar-refractivity contribution >= 4 is 11.9 Å². The van der Waals surface area contributed by atoms with Crippen molar-refractivity contribution in [1.82, 2.24) is 0 Å². The molecular formula is C40H78O7. The van der Waals surface area contributed by atoms with E-state index in [1.165, 1.54) is 116 Å². The Labute approximate surface area is 291 Å². The highest BCUT2D eigenvalue weighted by molar-refractivity contribution is 5.69. The molecule has 0 aromatic heterocycles. The lowest BCUT2D eigenvalue weighted by Gasteiger charge is -2.19. The maximum absolute atomic E-state index is 12.5. The highest BCUT2D eigenvalue weighted by Gasteiger charge is 2.17. The number of ether oxygens (including phenoxy) is 4. The highest BCUT2D eigenvalue weighted by Crippen LogP contribution is 2.15. The number of unbranched alkanes of at least 4 members (excludes halogenated alkanes) is 22. The maximum Gasteiger partial charge on any atom is 0.305 e. The van der Waals surface area contributed by atoms with E-state index >= 15 is 0 Å². The van der Waals surface area contributed by atoms with Gasteiger partial charge in [-0.1, -0.05) is 162 Å². The molecule has 0 aromatic rings. The van der Waals surface area contributed by atoms with Gasteiger partial charge < -0.3 is 24.1 Å². The van der Waals surface area contributed by atoms with Crippen LogP contribution in [0.3, 0.4) is 0 Å². The van der Waals surface area contributed by atoms with Gasteiger partial charge in [0.2, 0.25) is 0 Å². The van der Waals surface area contributed by atoms with Crippen molar-refractivity contribution in [2.24, 2.45) is 5.92 Å². The fourth-order valence-corrected chi connectivity index (χ4v) is 5.65. The molecule has 0 aliphatic heterocycles. The van der Waals surface area contributed by atoms with Crippen molar-refractivity contribution in [3.8, 4) is 0 Å². The summed E-state index contributed by atoms with van der Waals surface area (Å²) in [7, 11) is 0. The van der Waals surface area contributed by atoms with Crippen LogP contribution < -0.4 is 0 Å². The first kappa shape index (κ1) is 45.8. The summed E-state index contributed by atoms with van der Waals surface area (Å²) >= 11 is 0. The Bertz CT molecular complexity index is 638. The van der Waals surface area contributed by atoms with Crippen LogP contribution in [-0.2, 0) is 28.5 Å². The standard InChI is InChI=1S/C40H78O7/c1-4-7-10-13-16-17-18-19-20-21-22-23-26-29-38(42)46-35-37(34-41)36-47-39(43)30-31-40(44-32-27-24-14-11-8-5-2)45-33-28-25-15-12-9-6-3/h37,40-41H,4-36H2,1-3H3. The molecule has 0 saturated heterocycles. The van der Waals surface area contributed by atoms with Gasteiger partial charge in [0.05, 0.1) is 32.2 Å². The first-order valence-electron chi connectivity index (χ1n) is 20.2. The number of hydrogen-bond donors (Lipinski definition) is 1. The molecule has 7 heteroatoms. The van der Waals surface area contributed by atoms with Crippen LogP contribution >= 0.6 is 0 Å². The minimum absolute atomic E-state index is 0.0310. The second-order valence-electron chi connectivity index (χ2n) is 13.7. The summed E-state index contributed by atoms with van der Waals surface area (Å²) in [5.41, 5.74) is 0. The minimum Gasteiger partial charge on any atom is -0.465 e. The first-order chi connectivity index (χ1) is 23.1. The van der Waals surface area contributed by atoms with Crippen LogP contribution in [0.25, 0.3) is 0 Å². The van der Waals surface area contributed by atoms with E-state index in [-0.39, 0.29) is 38.2 Å². The molecule has 0 saturated carbocycles. The molecule has 0 aliphatic carbocycles. The number of rotatable bonds is 38. The normalized spacial score (nSPS) is 12.1. The van der Waals surface area contributed by atoms with Gasteiger partial charge in [0.1, 0.15) is 0 Å². The van der Waals surface area contributed by atoms with Gasteiger partial charge in [-0.15, -0.1) is 0 Å². The monoisotopic (exact) mass is 671 g/mol. The molecule has 0 rings (SSSR count). The fourth-order valence-electron chi connectivity index (χ4n) is 5.65. The summed E-state index contributed by atoms with van der Waals surface area (Å²) < 4.78 is 22.8. The van der Waals surface area contributed by atoms with Crippen LogP contribution in [0.5, 0.6) is 0 Å². The fraction of sp³-hybridized carbons (Fsp3) is 0.950. The van der Waals surface area contributed by atoms with Crippen molar-refractivity contribution in [2.75, 3.05) is 33.0 Å². The maximum atomic E-state index is 12.5. The average Bonchev–Trinajstić information content (AvgIpc) is 3.08. The highest BCUT2D eigenvalue weighted by atomic mass is 16.7. The van der Waals surface area contributed by atoms with E-state index in [2.05, 4.69) is 20.8 Å². The molecule has 1 N–H and O–H groups in total. The Balaban J connectivity index is 4.09. The zero-order chi connectivity index (χ0) is 34.5. The third kappa shape index (κ3) is 34.5. The minimum atomic E-state index is -0.418. The summed E-state index contributed by atoms with van der Waals surface area (Å²) in [4.78, 5) is 24.7. The smallest absolute Gasteiger partial charge is 0.305 e. The zero-order valence-electron chi connectivity index (χ0n) is 31.4. The third-order valence-electron chi connectivity index (χ3n) is 8.89. The Morgan fingerprint density at radius 3 is 1.19 bits per heavy atom. The molecule has 7 nitrogen and oxygen atoms in total. The molecular weight excluding hydrogens is 592 g/mol. The number of hydrogen-bond acceptors (Lipinski definition) is 7. The Morgan fingerprint density at radius 1 is 0.468 bits per heavy atom. The molecule has 1 unspecified atom stereocenters. The second kappa shape index (κ2) is 37.6. The van der Waals surface area contributed by atoms with E-state index in [1.54, 1.807) is 0 Å². The molecule has 47 heavy (non-hydrogen) atoms. The van der Waals surface area contributed by atoms with Gasteiger partial charge in [0.15, 0.2) is 6.29 Å². The van der Waals surface area contributed by atoms with Gasteiger partial charge in [-0.2, -0.15) is 0 Å². The van der Waals surface area contributed by atoms with Crippen LogP contribution in [0.15, 0.2) is 0 Å². The third-order valence-corrected chi connectivity index (χ3v) is 8.89. The summed E-state index contributed by atoms with van der Waals surface area (Å²) in [6.45, 7) is 7.87. The Hall–Kier alpha value is -1.18. The Kier molecular flexibility index (Phi) is 36.7. The molecule has 0 heterocycles. The molecule has 1 atom stereocenters. The summed E-state index contributed by atoms with van der Waals surface area (Å²) in [6, 6.07) is 0. The molecule has 0 aliphatic rings. The van der Waals surface area contributed by atoms with Gasteiger partial charge >= 0.3 is 11.9 Å². The largest absolute Gasteiger partial charge is 0.465 e. The molecule has 0 amide bonds. The zero-order valence-corrected chi connectivity index (χ0v) is 31.4. The van der Waals surface area contributed by atoms with Crippen molar-refractivity contribution in [2.45, 2.75) is 207 Å². The van der Waals surface area contributed by atoms with E-state index < -0.39 is 12.2 Å². The van der Waals surface area contributed by atoms with E-state index in [4.69, 9.17) is 18.9 Å². The van der Waals surface area contributed by atoms with Crippen molar-refractivity contribution in [3.63, 3.8) is 0 Å². The summed E-state index contributed by atoms with van der Waals surface area (Å²) in [5, 5.41) is 9.72. The van der Waals surface area contributed by atoms with Crippen LogP contribution in [0.1, 0.15) is 201 Å². The topological polar surface area (TPSA) is 91.3 Å². The lowest BCUT2D eigenvalue weighted by Crippen LogP contribution is -2.25. The van der Waals surface area contributed by atoms with Gasteiger partial charge in [0, 0.05) is 26.1 Å². The first-order valence-corrected chi connectivity index (χ1v) is 20.2. The molecule has 0 spiro atoms. The number of aliphatic hydroxyl groups excluding tert-OH is 1. The van der Waals surface area contributed by atoms with Crippen molar-refractivity contribution < 1.29 is 33.6 Å². The predicted molar refractivity (Wildman–Crippen MR) is 194 cm³/mol. The van der Waals surface area contributed by atoms with Gasteiger partial charge in [-0.05, 0) is 19.3 Å². The number of aliphatic hydroxyl groups is 1. The molecule has 0 bridgehead atoms. The van der Waals surface area contributed by atoms with Crippen molar-refractivity contribution in [3.05, 3.63) is 0 Å². The summed E-state index contributed by atoms with van der Waals surface area (Å²) in [6.07, 6.45) is 31.4. The molecule has 0 fully saturated rings. The SMILES string of the molecule is CCCCCCCCCCCCCCCC(=O)OCC(CO)COC(=O)CCC(OCCCCCCCC)OCCCCCCCC. The van der Waals surface area contributed by atoms with E-state index in [1.807, 2.05) is 0 Å². The average molecular weight is 671 g/mol. The van der Waals surface area contributed by atoms with E-state index in [9.17, 15) is 14.7 Å². The van der Waals surface area contributed by atoms with E-state index in [0.717, 1.165) is 44.9 Å². The lowest BCUT2D eigenvalue weighted by molar-refractivity contribution is -0.161. The van der Waals surface area contributed by atoms with Crippen LogP contribution in [0.2, 0.25) is 0 Å². The number of carbonyl (C=O) groups is 2. The Morgan fingerprint density at radius 2 is 0.809 bits per heavy atom. The number of esters is 2. The molecule has 280 valence electrons. The lowest BCUT2D eigenvalue weighted by atomic mass is 10.0. The van der Waals surface area contributed by atoms with Gasteiger partial charge in [-0.3, -0.25) is 9.59 Å². The molecule has 0 radical (unpaired) electrons. The predicted octanol–water partition coefficient (Wildman–Crippen LogP) is 11.0. The van der Waals surface area contributed by atoms with Crippen LogP contribution in [0.4, 0.5) is 0 Å². The van der Waals surface area contributed by atoms with Crippen LogP contribution in [-0.4, -0.2) is 56.4 Å². The van der Waals surface area contributed by atoms with Gasteiger partial charge in [-0.25, -0.2) is 0 Å². The quantitative estimate of drug-likeness (QED) is 0.0397. The number of carbonyl (C=O) groups excluding carboxylic acids is 2. The van der Waals surface area contributed by atoms with Gasteiger partial charge in [0.25, 0.3) is 0 Å². The summed E-state index contributed by atoms with van der Waals surface area (Å²) in [5.74, 6) is -1.01. The van der Waals surface area contributed by atoms with Crippen LogP contribution in [0, 0.1) is 5.92 Å². The van der Waals surface area contributed by atoms with E-state index in [0.29, 0.717) is 26.1 Å².